The molecule has 2 fully saturated rings. The highest BCUT2D eigenvalue weighted by Gasteiger charge is 2.39. The topological polar surface area (TPSA) is 6.48 Å². The molecule has 2 aliphatic rings. The molecule has 0 aromatic rings. The van der Waals surface area contributed by atoms with Gasteiger partial charge >= 0.3 is 0 Å². The van der Waals surface area contributed by atoms with Crippen molar-refractivity contribution >= 4 is 0 Å². The van der Waals surface area contributed by atoms with Crippen molar-refractivity contribution in [1.29, 1.82) is 0 Å². The third-order valence-corrected chi connectivity index (χ3v) is 2.79. The first-order valence-corrected chi connectivity index (χ1v) is 3.90. The summed E-state index contributed by atoms with van der Waals surface area (Å²) in [5.74, 6) is 0. The number of likely N-dealkylation sites (N-methyl/N-ethyl adjacent to an activating group) is 1. The maximum absolute atomic E-state index is 3.79. The standard InChI is InChI=1S/C8H14N2/c1-3-10-6-7-4-8(10)5-9(7)2/h3,7-8H,1,4-6H2,2H3/t7-,8-/m0/s1. The minimum atomic E-state index is 0.771. The summed E-state index contributed by atoms with van der Waals surface area (Å²) in [5.41, 5.74) is 0. The van der Waals surface area contributed by atoms with Gasteiger partial charge in [0.15, 0.2) is 0 Å². The fourth-order valence-electron chi connectivity index (χ4n) is 2.12. The number of hydrogen-bond acceptors (Lipinski definition) is 2. The lowest BCUT2D eigenvalue weighted by Crippen LogP contribution is -2.41. The molecule has 2 aliphatic heterocycles. The van der Waals surface area contributed by atoms with Gasteiger partial charge in [-0.25, -0.2) is 0 Å². The molecule has 0 aromatic carbocycles. The summed E-state index contributed by atoms with van der Waals surface area (Å²) in [6, 6.07) is 1.58. The van der Waals surface area contributed by atoms with E-state index < -0.39 is 0 Å². The van der Waals surface area contributed by atoms with E-state index in [1.807, 2.05) is 6.20 Å². The fraction of sp³-hybridized carbons (Fsp3) is 0.750. The highest BCUT2D eigenvalue weighted by atomic mass is 15.3. The van der Waals surface area contributed by atoms with Crippen molar-refractivity contribution in [3.63, 3.8) is 0 Å². The Bertz CT molecular complexity index is 153. The van der Waals surface area contributed by atoms with Gasteiger partial charge in [0.25, 0.3) is 0 Å². The van der Waals surface area contributed by atoms with E-state index in [0.29, 0.717) is 0 Å². The molecular formula is C8H14N2. The van der Waals surface area contributed by atoms with Crippen LogP contribution in [0.25, 0.3) is 0 Å². The molecule has 2 atom stereocenters. The van der Waals surface area contributed by atoms with Crippen molar-refractivity contribution in [3.05, 3.63) is 12.8 Å². The molecule has 10 heavy (non-hydrogen) atoms. The smallest absolute Gasteiger partial charge is 0.0427 e. The van der Waals surface area contributed by atoms with Gasteiger partial charge in [0.2, 0.25) is 0 Å². The van der Waals surface area contributed by atoms with E-state index in [-0.39, 0.29) is 0 Å². The largest absolute Gasteiger partial charge is 0.372 e. The molecule has 2 rings (SSSR count). The second-order valence-electron chi connectivity index (χ2n) is 3.36. The second kappa shape index (κ2) is 1.99. The van der Waals surface area contributed by atoms with Gasteiger partial charge in [-0.05, 0) is 19.7 Å². The van der Waals surface area contributed by atoms with E-state index in [9.17, 15) is 0 Å². The molecule has 56 valence electrons. The Balaban J connectivity index is 2.08. The summed E-state index contributed by atoms with van der Waals surface area (Å²) in [5, 5.41) is 0. The normalized spacial score (nSPS) is 39.1. The van der Waals surface area contributed by atoms with Crippen LogP contribution in [0.5, 0.6) is 0 Å². The molecule has 0 spiro atoms. The lowest BCUT2D eigenvalue weighted by Gasteiger charge is -2.30. The van der Waals surface area contributed by atoms with Crippen molar-refractivity contribution in [2.75, 3.05) is 20.1 Å². The first kappa shape index (κ1) is 6.23. The lowest BCUT2D eigenvalue weighted by atomic mass is 10.2. The quantitative estimate of drug-likeness (QED) is 0.521. The minimum absolute atomic E-state index is 0.771. The van der Waals surface area contributed by atoms with Crippen LogP contribution in [0.4, 0.5) is 0 Å². The molecular weight excluding hydrogens is 124 g/mol. The number of nitrogens with zero attached hydrogens (tertiary/aromatic N) is 2. The van der Waals surface area contributed by atoms with Crippen molar-refractivity contribution in [2.24, 2.45) is 0 Å². The van der Waals surface area contributed by atoms with Crippen molar-refractivity contribution < 1.29 is 0 Å². The van der Waals surface area contributed by atoms with Gasteiger partial charge in [-0.3, -0.25) is 4.90 Å². The number of piperazine rings is 1. The Morgan fingerprint density at radius 1 is 1.40 bits per heavy atom. The number of rotatable bonds is 1. The van der Waals surface area contributed by atoms with Gasteiger partial charge < -0.3 is 4.90 Å². The van der Waals surface area contributed by atoms with E-state index in [1.54, 1.807) is 0 Å². The molecule has 0 aromatic heterocycles. The van der Waals surface area contributed by atoms with Gasteiger partial charge in [0.05, 0.1) is 0 Å². The molecule has 0 unspecified atom stereocenters. The summed E-state index contributed by atoms with van der Waals surface area (Å²) >= 11 is 0. The Labute approximate surface area is 62.1 Å². The molecule has 2 nitrogen and oxygen atoms in total. The molecule has 0 saturated carbocycles. The van der Waals surface area contributed by atoms with Gasteiger partial charge in [-0.1, -0.05) is 6.58 Å². The average molecular weight is 138 g/mol. The SMILES string of the molecule is C=CN1C[C@@H]2C[C@H]1CN2C. The molecule has 2 bridgehead atoms. The van der Waals surface area contributed by atoms with E-state index in [4.69, 9.17) is 0 Å². The first-order chi connectivity index (χ1) is 4.81. The van der Waals surface area contributed by atoms with E-state index in [2.05, 4.69) is 23.4 Å². The molecule has 2 heteroatoms. The van der Waals surface area contributed by atoms with Crippen LogP contribution < -0.4 is 0 Å². The zero-order valence-corrected chi connectivity index (χ0v) is 6.45. The summed E-state index contributed by atoms with van der Waals surface area (Å²) in [6.07, 6.45) is 3.33. The fourth-order valence-corrected chi connectivity index (χ4v) is 2.12. The number of fused-ring (bicyclic) bond motifs is 2. The van der Waals surface area contributed by atoms with Crippen LogP contribution in [-0.2, 0) is 0 Å². The Morgan fingerprint density at radius 3 is 2.60 bits per heavy atom. The summed E-state index contributed by atoms with van der Waals surface area (Å²) in [6.45, 7) is 6.23. The van der Waals surface area contributed by atoms with E-state index in [1.165, 1.54) is 19.5 Å². The lowest BCUT2D eigenvalue weighted by molar-refractivity contribution is 0.194. The Kier molecular flexibility index (Phi) is 1.24. The molecule has 0 radical (unpaired) electrons. The van der Waals surface area contributed by atoms with E-state index >= 15 is 0 Å². The summed E-state index contributed by atoms with van der Waals surface area (Å²) in [7, 11) is 2.21. The second-order valence-corrected chi connectivity index (χ2v) is 3.36. The van der Waals surface area contributed by atoms with Crippen molar-refractivity contribution in [1.82, 2.24) is 9.80 Å². The average Bonchev–Trinajstić information content (AvgIpc) is 2.44. The molecule has 2 saturated heterocycles. The predicted molar refractivity (Wildman–Crippen MR) is 41.7 cm³/mol. The zero-order valence-electron chi connectivity index (χ0n) is 6.45. The molecule has 2 heterocycles. The van der Waals surface area contributed by atoms with Crippen molar-refractivity contribution in [3.8, 4) is 0 Å². The zero-order chi connectivity index (χ0) is 7.14. The number of hydrogen-bond donors (Lipinski definition) is 0. The summed E-state index contributed by atoms with van der Waals surface area (Å²) in [4.78, 5) is 4.81. The highest BCUT2D eigenvalue weighted by molar-refractivity contribution is 5.01. The van der Waals surface area contributed by atoms with Gasteiger partial charge in [0.1, 0.15) is 0 Å². The highest BCUT2D eigenvalue weighted by Crippen LogP contribution is 2.28. The van der Waals surface area contributed by atoms with Crippen molar-refractivity contribution in [2.45, 2.75) is 18.5 Å². The Morgan fingerprint density at radius 2 is 2.20 bits per heavy atom. The van der Waals surface area contributed by atoms with Crippen LogP contribution in [0.1, 0.15) is 6.42 Å². The minimum Gasteiger partial charge on any atom is -0.372 e. The number of likely N-dealkylation sites (tertiary alicyclic amines) is 2. The van der Waals surface area contributed by atoms with Gasteiger partial charge in [-0.2, -0.15) is 0 Å². The molecule has 0 amide bonds. The third kappa shape index (κ3) is 0.686. The van der Waals surface area contributed by atoms with Crippen LogP contribution in [0.2, 0.25) is 0 Å². The first-order valence-electron chi connectivity index (χ1n) is 3.90. The third-order valence-electron chi connectivity index (χ3n) is 2.79. The van der Waals surface area contributed by atoms with Gasteiger partial charge in [0, 0.05) is 25.2 Å². The van der Waals surface area contributed by atoms with E-state index in [0.717, 1.165) is 12.1 Å². The maximum Gasteiger partial charge on any atom is 0.0427 e. The predicted octanol–water partition coefficient (Wildman–Crippen LogP) is 0.518. The van der Waals surface area contributed by atoms with Crippen LogP contribution in [-0.4, -0.2) is 42.0 Å². The van der Waals surface area contributed by atoms with Crippen LogP contribution >= 0.6 is 0 Å². The monoisotopic (exact) mass is 138 g/mol. The summed E-state index contributed by atoms with van der Waals surface area (Å²) < 4.78 is 0. The maximum atomic E-state index is 3.79. The van der Waals surface area contributed by atoms with Crippen LogP contribution in [0.15, 0.2) is 12.8 Å². The van der Waals surface area contributed by atoms with Crippen LogP contribution in [0, 0.1) is 0 Å². The Hall–Kier alpha value is -0.500. The molecule has 0 aliphatic carbocycles. The molecule has 0 N–H and O–H groups in total. The van der Waals surface area contributed by atoms with Crippen LogP contribution in [0.3, 0.4) is 0 Å². The van der Waals surface area contributed by atoms with Gasteiger partial charge in [-0.15, -0.1) is 0 Å².